The number of ether oxygens (including phenoxy) is 2. The van der Waals surface area contributed by atoms with Crippen LogP contribution < -0.4 is 5.43 Å². The van der Waals surface area contributed by atoms with Crippen molar-refractivity contribution < 1.29 is 19.1 Å². The fraction of sp³-hybridized carbons (Fsp3) is 0.583. The van der Waals surface area contributed by atoms with Gasteiger partial charge in [-0.25, -0.2) is 9.59 Å². The summed E-state index contributed by atoms with van der Waals surface area (Å²) in [5, 5.41) is 12.4. The lowest BCUT2D eigenvalue weighted by Crippen LogP contribution is -2.51. The number of nitrogens with one attached hydrogen (secondary N) is 1. The van der Waals surface area contributed by atoms with Gasteiger partial charge in [0, 0.05) is 12.8 Å². The molecule has 1 N–H and O–H groups in total. The van der Waals surface area contributed by atoms with Gasteiger partial charge in [0.25, 0.3) is 11.5 Å². The van der Waals surface area contributed by atoms with Crippen molar-refractivity contribution in [3.8, 4) is 0 Å². The molecule has 2 fully saturated rings. The van der Waals surface area contributed by atoms with Crippen molar-refractivity contribution in [1.29, 1.82) is 0 Å². The number of hydrogen-bond acceptors (Lipinski definition) is 9. The first-order valence-electron chi connectivity index (χ1n) is 6.68. The van der Waals surface area contributed by atoms with Gasteiger partial charge in [-0.15, -0.1) is 10.2 Å². The van der Waals surface area contributed by atoms with Gasteiger partial charge in [-0.2, -0.15) is 5.10 Å². The lowest BCUT2D eigenvalue weighted by molar-refractivity contribution is -0.237. The summed E-state index contributed by atoms with van der Waals surface area (Å²) < 4.78 is 10.6. The number of nitrogens with zero attached hydrogens (tertiary/aromatic N) is 3. The maximum Gasteiger partial charge on any atom is 0.369 e. The molecule has 21 heavy (non-hydrogen) atoms. The first-order valence-corrected chi connectivity index (χ1v) is 7.50. The van der Waals surface area contributed by atoms with Gasteiger partial charge in [-0.1, -0.05) is 17.8 Å². The van der Waals surface area contributed by atoms with E-state index in [0.717, 1.165) is 24.3 Å². The largest absolute Gasteiger partial charge is 0.417 e. The van der Waals surface area contributed by atoms with E-state index in [4.69, 9.17) is 9.47 Å². The van der Waals surface area contributed by atoms with E-state index in [1.807, 2.05) is 0 Å². The van der Waals surface area contributed by atoms with E-state index in [2.05, 4.69) is 20.7 Å². The third kappa shape index (κ3) is 2.87. The van der Waals surface area contributed by atoms with Crippen LogP contribution in [0, 0.1) is 6.92 Å². The molecule has 0 atom stereocenters. The SMILES string of the molecule is Cc1nnc(NN=C2C(=O)OC3(CCCCC3)OC2=O)s1. The average Bonchev–Trinajstić information content (AvgIpc) is 2.84. The minimum absolute atomic E-state index is 0.388. The van der Waals surface area contributed by atoms with Crippen LogP contribution in [0.2, 0.25) is 0 Å². The number of esters is 2. The molecule has 0 aromatic carbocycles. The Morgan fingerprint density at radius 2 is 1.81 bits per heavy atom. The molecule has 0 amide bonds. The summed E-state index contributed by atoms with van der Waals surface area (Å²) in [7, 11) is 0. The van der Waals surface area contributed by atoms with E-state index in [-0.39, 0.29) is 0 Å². The van der Waals surface area contributed by atoms with Gasteiger partial charge in [-0.05, 0) is 19.8 Å². The Morgan fingerprint density at radius 3 is 2.38 bits per heavy atom. The van der Waals surface area contributed by atoms with Crippen molar-refractivity contribution in [2.24, 2.45) is 5.10 Å². The van der Waals surface area contributed by atoms with Crippen LogP contribution in [0.5, 0.6) is 0 Å². The van der Waals surface area contributed by atoms with Crippen molar-refractivity contribution in [3.63, 3.8) is 0 Å². The van der Waals surface area contributed by atoms with Crippen LogP contribution in [0.1, 0.15) is 37.1 Å². The molecule has 1 aliphatic heterocycles. The number of anilines is 1. The highest BCUT2D eigenvalue weighted by atomic mass is 32.1. The Balaban J connectivity index is 1.72. The highest BCUT2D eigenvalue weighted by Crippen LogP contribution is 2.35. The number of rotatable bonds is 2. The van der Waals surface area contributed by atoms with Crippen molar-refractivity contribution in [1.82, 2.24) is 10.2 Å². The second kappa shape index (κ2) is 5.40. The monoisotopic (exact) mass is 310 g/mol. The van der Waals surface area contributed by atoms with Crippen LogP contribution in [0.4, 0.5) is 5.13 Å². The van der Waals surface area contributed by atoms with Crippen molar-refractivity contribution in [2.45, 2.75) is 44.8 Å². The Kier molecular flexibility index (Phi) is 3.58. The molecule has 9 heteroatoms. The zero-order chi connectivity index (χ0) is 14.9. The van der Waals surface area contributed by atoms with Gasteiger partial charge in [-0.3, -0.25) is 5.43 Å². The number of carbonyl (C=O) groups is 2. The topological polar surface area (TPSA) is 103 Å². The van der Waals surface area contributed by atoms with E-state index < -0.39 is 23.4 Å². The predicted octanol–water partition coefficient (Wildman–Crippen LogP) is 1.37. The number of hydrogen-bond donors (Lipinski definition) is 1. The van der Waals surface area contributed by atoms with Crippen molar-refractivity contribution >= 4 is 34.1 Å². The molecule has 1 spiro atoms. The zero-order valence-electron chi connectivity index (χ0n) is 11.4. The Morgan fingerprint density at radius 1 is 1.14 bits per heavy atom. The molecule has 8 nitrogen and oxygen atoms in total. The molecule has 1 aliphatic carbocycles. The number of aryl methyl sites for hydroxylation is 1. The standard InChI is InChI=1S/C12H14N4O4S/c1-7-13-15-11(21-7)16-14-8-9(17)19-12(20-10(8)18)5-3-2-4-6-12/h2-6H2,1H3,(H,15,16). The number of aromatic nitrogens is 2. The van der Waals surface area contributed by atoms with Crippen LogP contribution in [-0.4, -0.2) is 33.6 Å². The normalized spacial score (nSPS) is 20.9. The first kappa shape index (κ1) is 13.9. The molecule has 1 saturated heterocycles. The van der Waals surface area contributed by atoms with Gasteiger partial charge in [0.2, 0.25) is 5.13 Å². The molecule has 0 radical (unpaired) electrons. The lowest BCUT2D eigenvalue weighted by Gasteiger charge is -2.38. The molecule has 2 aliphatic rings. The lowest BCUT2D eigenvalue weighted by atomic mass is 9.93. The molecule has 3 rings (SSSR count). The second-order valence-electron chi connectivity index (χ2n) is 4.95. The van der Waals surface area contributed by atoms with Crippen LogP contribution in [0.3, 0.4) is 0 Å². The molecule has 0 bridgehead atoms. The Labute approximate surface area is 124 Å². The van der Waals surface area contributed by atoms with Crippen LogP contribution in [-0.2, 0) is 19.1 Å². The van der Waals surface area contributed by atoms with Crippen molar-refractivity contribution in [3.05, 3.63) is 5.01 Å². The summed E-state index contributed by atoms with van der Waals surface area (Å²) in [6.07, 6.45) is 3.88. The van der Waals surface area contributed by atoms with E-state index in [0.29, 0.717) is 18.0 Å². The summed E-state index contributed by atoms with van der Waals surface area (Å²) in [4.78, 5) is 24.0. The molecule has 1 aromatic rings. The van der Waals surface area contributed by atoms with Gasteiger partial charge in [0.15, 0.2) is 0 Å². The van der Waals surface area contributed by atoms with Gasteiger partial charge >= 0.3 is 11.9 Å². The summed E-state index contributed by atoms with van der Waals surface area (Å²) in [5.74, 6) is -2.62. The quantitative estimate of drug-likeness (QED) is 0.650. The highest BCUT2D eigenvalue weighted by Gasteiger charge is 2.47. The van der Waals surface area contributed by atoms with Crippen LogP contribution >= 0.6 is 11.3 Å². The Bertz CT molecular complexity index is 584. The molecule has 2 heterocycles. The third-order valence-corrected chi connectivity index (χ3v) is 4.09. The van der Waals surface area contributed by atoms with Gasteiger partial charge in [0.05, 0.1) is 0 Å². The minimum Gasteiger partial charge on any atom is -0.417 e. The maximum absolute atomic E-state index is 12.0. The average molecular weight is 310 g/mol. The number of carbonyl (C=O) groups excluding carboxylic acids is 2. The maximum atomic E-state index is 12.0. The molecule has 1 saturated carbocycles. The molecule has 112 valence electrons. The highest BCUT2D eigenvalue weighted by molar-refractivity contribution is 7.15. The summed E-state index contributed by atoms with van der Waals surface area (Å²) in [5.41, 5.74) is 2.11. The minimum atomic E-state index is -1.09. The van der Waals surface area contributed by atoms with E-state index in [1.54, 1.807) is 6.92 Å². The van der Waals surface area contributed by atoms with E-state index >= 15 is 0 Å². The van der Waals surface area contributed by atoms with Crippen LogP contribution in [0.15, 0.2) is 5.10 Å². The summed E-state index contributed by atoms with van der Waals surface area (Å²) in [6, 6.07) is 0. The molecule has 1 aromatic heterocycles. The smallest absolute Gasteiger partial charge is 0.369 e. The first-order chi connectivity index (χ1) is 10.1. The number of hydrazone groups is 1. The third-order valence-electron chi connectivity index (χ3n) is 3.35. The molecule has 0 unspecified atom stereocenters. The zero-order valence-corrected chi connectivity index (χ0v) is 12.2. The Hall–Kier alpha value is -2.03. The fourth-order valence-electron chi connectivity index (χ4n) is 2.37. The van der Waals surface area contributed by atoms with E-state index in [9.17, 15) is 9.59 Å². The van der Waals surface area contributed by atoms with Gasteiger partial charge < -0.3 is 9.47 Å². The predicted molar refractivity (Wildman–Crippen MR) is 73.7 cm³/mol. The molecular weight excluding hydrogens is 296 g/mol. The van der Waals surface area contributed by atoms with Gasteiger partial charge in [0.1, 0.15) is 5.01 Å². The van der Waals surface area contributed by atoms with Crippen molar-refractivity contribution in [2.75, 3.05) is 5.43 Å². The summed E-state index contributed by atoms with van der Waals surface area (Å²) >= 11 is 1.26. The molecular formula is C12H14N4O4S. The second-order valence-corrected chi connectivity index (χ2v) is 6.13. The van der Waals surface area contributed by atoms with Crippen LogP contribution in [0.25, 0.3) is 0 Å². The van der Waals surface area contributed by atoms with E-state index in [1.165, 1.54) is 11.3 Å². The summed E-state index contributed by atoms with van der Waals surface area (Å²) in [6.45, 7) is 1.78. The fourth-order valence-corrected chi connectivity index (χ4v) is 2.90.